The maximum atomic E-state index is 5.47. The molecule has 0 aliphatic rings. The second kappa shape index (κ2) is 6.16. The average Bonchev–Trinajstić information content (AvgIpc) is 2.78. The number of para-hydroxylation sites is 1. The lowest BCUT2D eigenvalue weighted by atomic mass is 10.2. The molecule has 0 saturated carbocycles. The molecule has 1 aromatic carbocycles. The fourth-order valence-corrected chi connectivity index (χ4v) is 1.49. The van der Waals surface area contributed by atoms with Crippen LogP contribution >= 0.6 is 0 Å². The lowest BCUT2D eigenvalue weighted by Gasteiger charge is -2.03. The summed E-state index contributed by atoms with van der Waals surface area (Å²) in [6, 6.07) is 10.2. The zero-order valence-electron chi connectivity index (χ0n) is 10.7. The van der Waals surface area contributed by atoms with E-state index in [-0.39, 0.29) is 0 Å². The summed E-state index contributed by atoms with van der Waals surface area (Å²) < 4.78 is 5.47. The van der Waals surface area contributed by atoms with Gasteiger partial charge in [-0.3, -0.25) is 0 Å². The molecule has 0 fully saturated rings. The molecular formula is C13H18N4O. The highest BCUT2D eigenvalue weighted by Crippen LogP contribution is 2.14. The third kappa shape index (κ3) is 3.85. The van der Waals surface area contributed by atoms with Crippen LogP contribution in [-0.2, 0) is 6.54 Å². The van der Waals surface area contributed by atoms with Gasteiger partial charge in [0.2, 0.25) is 5.89 Å². The van der Waals surface area contributed by atoms with Crippen molar-refractivity contribution in [1.29, 1.82) is 0 Å². The van der Waals surface area contributed by atoms with E-state index in [0.29, 0.717) is 24.4 Å². The summed E-state index contributed by atoms with van der Waals surface area (Å²) in [4.78, 5) is 0. The number of hydrogen-bond acceptors (Lipinski definition) is 5. The summed E-state index contributed by atoms with van der Waals surface area (Å²) in [6.45, 7) is 5.85. The van der Waals surface area contributed by atoms with Gasteiger partial charge in [-0.1, -0.05) is 37.1 Å². The van der Waals surface area contributed by atoms with Crippen LogP contribution in [-0.4, -0.2) is 16.7 Å². The van der Waals surface area contributed by atoms with Crippen molar-refractivity contribution in [3.05, 3.63) is 36.2 Å². The Morgan fingerprint density at radius 1 is 1.17 bits per heavy atom. The van der Waals surface area contributed by atoms with E-state index in [2.05, 4.69) is 34.7 Å². The minimum absolute atomic E-state index is 0.419. The molecule has 0 saturated heterocycles. The minimum atomic E-state index is 0.419. The zero-order chi connectivity index (χ0) is 12.8. The predicted octanol–water partition coefficient (Wildman–Crippen LogP) is 2.56. The Kier molecular flexibility index (Phi) is 4.30. The summed E-state index contributed by atoms with van der Waals surface area (Å²) in [5.41, 5.74) is 0.933. The molecule has 0 unspecified atom stereocenters. The minimum Gasteiger partial charge on any atom is -0.406 e. The third-order valence-corrected chi connectivity index (χ3v) is 2.32. The molecule has 5 nitrogen and oxygen atoms in total. The maximum Gasteiger partial charge on any atom is 0.320 e. The number of hydrogen-bond donors (Lipinski definition) is 2. The van der Waals surface area contributed by atoms with E-state index in [1.165, 1.54) is 0 Å². The van der Waals surface area contributed by atoms with E-state index in [1.807, 2.05) is 30.3 Å². The van der Waals surface area contributed by atoms with Crippen LogP contribution in [0.15, 0.2) is 34.7 Å². The molecule has 2 rings (SSSR count). The SMILES string of the molecule is CC(C)CNCc1nnc(Nc2ccccc2)o1. The molecule has 96 valence electrons. The Bertz CT molecular complexity index is 467. The Hall–Kier alpha value is -1.88. The quantitative estimate of drug-likeness (QED) is 0.820. The number of nitrogens with one attached hydrogen (secondary N) is 2. The van der Waals surface area contributed by atoms with Crippen molar-refractivity contribution in [3.63, 3.8) is 0 Å². The number of anilines is 2. The largest absolute Gasteiger partial charge is 0.406 e. The molecular weight excluding hydrogens is 228 g/mol. The molecule has 0 aliphatic carbocycles. The molecule has 1 aromatic heterocycles. The van der Waals surface area contributed by atoms with Gasteiger partial charge in [0.05, 0.1) is 6.54 Å². The van der Waals surface area contributed by atoms with Gasteiger partial charge in [-0.2, -0.15) is 0 Å². The summed E-state index contributed by atoms with van der Waals surface area (Å²) >= 11 is 0. The fraction of sp³-hybridized carbons (Fsp3) is 0.385. The smallest absolute Gasteiger partial charge is 0.320 e. The topological polar surface area (TPSA) is 63.0 Å². The van der Waals surface area contributed by atoms with Crippen molar-refractivity contribution in [1.82, 2.24) is 15.5 Å². The molecule has 18 heavy (non-hydrogen) atoms. The molecule has 2 aromatic rings. The second-order valence-electron chi connectivity index (χ2n) is 4.52. The summed E-state index contributed by atoms with van der Waals surface area (Å²) in [5.74, 6) is 1.20. The fourth-order valence-electron chi connectivity index (χ4n) is 1.49. The highest BCUT2D eigenvalue weighted by Gasteiger charge is 2.05. The molecule has 2 N–H and O–H groups in total. The average molecular weight is 246 g/mol. The van der Waals surface area contributed by atoms with Gasteiger partial charge in [0.15, 0.2) is 0 Å². The van der Waals surface area contributed by atoms with E-state index in [9.17, 15) is 0 Å². The Morgan fingerprint density at radius 2 is 1.94 bits per heavy atom. The first-order valence-electron chi connectivity index (χ1n) is 6.09. The van der Waals surface area contributed by atoms with Gasteiger partial charge < -0.3 is 15.1 Å². The lowest BCUT2D eigenvalue weighted by molar-refractivity contribution is 0.460. The summed E-state index contributed by atoms with van der Waals surface area (Å²) in [6.07, 6.45) is 0. The molecule has 0 spiro atoms. The normalized spacial score (nSPS) is 10.8. The predicted molar refractivity (Wildman–Crippen MR) is 70.6 cm³/mol. The van der Waals surface area contributed by atoms with Crippen LogP contribution in [0.1, 0.15) is 19.7 Å². The monoisotopic (exact) mass is 246 g/mol. The number of benzene rings is 1. The van der Waals surface area contributed by atoms with E-state index < -0.39 is 0 Å². The van der Waals surface area contributed by atoms with Crippen LogP contribution in [0.25, 0.3) is 0 Å². The van der Waals surface area contributed by atoms with Gasteiger partial charge in [0.25, 0.3) is 0 Å². The van der Waals surface area contributed by atoms with Crippen molar-refractivity contribution in [2.75, 3.05) is 11.9 Å². The Morgan fingerprint density at radius 3 is 2.67 bits per heavy atom. The van der Waals surface area contributed by atoms with Crippen molar-refractivity contribution < 1.29 is 4.42 Å². The first kappa shape index (κ1) is 12.6. The van der Waals surface area contributed by atoms with E-state index >= 15 is 0 Å². The molecule has 0 amide bonds. The first-order valence-corrected chi connectivity index (χ1v) is 6.09. The molecule has 0 bridgehead atoms. The van der Waals surface area contributed by atoms with Crippen molar-refractivity contribution in [2.45, 2.75) is 20.4 Å². The van der Waals surface area contributed by atoms with E-state index in [4.69, 9.17) is 4.42 Å². The van der Waals surface area contributed by atoms with E-state index in [1.54, 1.807) is 0 Å². The molecule has 5 heteroatoms. The molecule has 1 heterocycles. The number of rotatable bonds is 6. The second-order valence-corrected chi connectivity index (χ2v) is 4.52. The van der Waals surface area contributed by atoms with Gasteiger partial charge in [-0.05, 0) is 24.6 Å². The Labute approximate surface area is 107 Å². The van der Waals surface area contributed by atoms with Crippen LogP contribution in [0.5, 0.6) is 0 Å². The highest BCUT2D eigenvalue weighted by molar-refractivity contribution is 5.50. The van der Waals surface area contributed by atoms with Gasteiger partial charge in [0.1, 0.15) is 0 Å². The summed E-state index contributed by atoms with van der Waals surface area (Å²) in [5, 5.41) is 14.2. The maximum absolute atomic E-state index is 5.47. The highest BCUT2D eigenvalue weighted by atomic mass is 16.4. The van der Waals surface area contributed by atoms with Crippen LogP contribution in [0, 0.1) is 5.92 Å². The molecule has 0 aliphatic heterocycles. The first-order chi connectivity index (χ1) is 8.74. The zero-order valence-corrected chi connectivity index (χ0v) is 10.7. The Balaban J connectivity index is 1.86. The molecule has 0 radical (unpaired) electrons. The van der Waals surface area contributed by atoms with Gasteiger partial charge in [-0.25, -0.2) is 0 Å². The van der Waals surface area contributed by atoms with E-state index in [0.717, 1.165) is 12.2 Å². The third-order valence-electron chi connectivity index (χ3n) is 2.32. The van der Waals surface area contributed by atoms with Gasteiger partial charge in [0, 0.05) is 5.69 Å². The van der Waals surface area contributed by atoms with Crippen molar-refractivity contribution >= 4 is 11.7 Å². The van der Waals surface area contributed by atoms with Crippen LogP contribution in [0.4, 0.5) is 11.7 Å². The van der Waals surface area contributed by atoms with Gasteiger partial charge >= 0.3 is 6.01 Å². The molecule has 0 atom stereocenters. The van der Waals surface area contributed by atoms with Gasteiger partial charge in [-0.15, -0.1) is 5.10 Å². The van der Waals surface area contributed by atoms with Crippen LogP contribution in [0.2, 0.25) is 0 Å². The number of nitrogens with zero attached hydrogens (tertiary/aromatic N) is 2. The number of aromatic nitrogens is 2. The van der Waals surface area contributed by atoms with Crippen LogP contribution < -0.4 is 10.6 Å². The van der Waals surface area contributed by atoms with Crippen molar-refractivity contribution in [3.8, 4) is 0 Å². The standard InChI is InChI=1S/C13H18N4O/c1-10(2)8-14-9-12-16-17-13(18-12)15-11-6-4-3-5-7-11/h3-7,10,14H,8-9H2,1-2H3,(H,15,17). The summed E-state index contributed by atoms with van der Waals surface area (Å²) in [7, 11) is 0. The lowest BCUT2D eigenvalue weighted by Crippen LogP contribution is -2.19. The van der Waals surface area contributed by atoms with Crippen molar-refractivity contribution in [2.24, 2.45) is 5.92 Å². The van der Waals surface area contributed by atoms with Crippen LogP contribution in [0.3, 0.4) is 0 Å².